The van der Waals surface area contributed by atoms with Crippen LogP contribution in [0.2, 0.25) is 5.02 Å². The Morgan fingerprint density at radius 1 is 0.971 bits per heavy atom. The van der Waals surface area contributed by atoms with Crippen LogP contribution in [0, 0.1) is 0 Å². The summed E-state index contributed by atoms with van der Waals surface area (Å²) >= 11 is 7.28. The highest BCUT2D eigenvalue weighted by Crippen LogP contribution is 2.26. The normalized spacial score (nSPS) is 10.6. The summed E-state index contributed by atoms with van der Waals surface area (Å²) in [6.07, 6.45) is 0. The SMILES string of the molecule is COc1ccc(-n2c(CNc3ccc(Cl)cc3)nnc2SCC(=O)Nc2ccccc2OC)cc1. The molecule has 1 aromatic heterocycles. The highest BCUT2D eigenvalue weighted by atomic mass is 35.5. The van der Waals surface area contributed by atoms with E-state index in [4.69, 9.17) is 21.1 Å². The molecule has 0 radical (unpaired) electrons. The molecule has 3 aromatic carbocycles. The fourth-order valence-electron chi connectivity index (χ4n) is 3.31. The molecule has 0 unspecified atom stereocenters. The molecule has 0 spiro atoms. The van der Waals surface area contributed by atoms with Crippen LogP contribution in [-0.4, -0.2) is 40.6 Å². The number of methoxy groups -OCH3 is 2. The van der Waals surface area contributed by atoms with Crippen molar-refractivity contribution in [3.8, 4) is 17.2 Å². The van der Waals surface area contributed by atoms with Crippen LogP contribution in [0.1, 0.15) is 5.82 Å². The van der Waals surface area contributed by atoms with E-state index in [1.807, 2.05) is 65.2 Å². The van der Waals surface area contributed by atoms with Gasteiger partial charge in [0, 0.05) is 16.4 Å². The second-order valence-corrected chi connectivity index (χ2v) is 8.71. The number of anilines is 2. The van der Waals surface area contributed by atoms with Crippen LogP contribution < -0.4 is 20.1 Å². The van der Waals surface area contributed by atoms with Crippen molar-refractivity contribution >= 4 is 40.6 Å². The van der Waals surface area contributed by atoms with Crippen LogP contribution in [0.15, 0.2) is 78.0 Å². The molecule has 0 saturated carbocycles. The Hall–Kier alpha value is -3.69. The van der Waals surface area contributed by atoms with Crippen molar-refractivity contribution in [2.24, 2.45) is 0 Å². The summed E-state index contributed by atoms with van der Waals surface area (Å²) < 4.78 is 12.5. The molecular weight excluding hydrogens is 486 g/mol. The van der Waals surface area contributed by atoms with E-state index in [0.29, 0.717) is 34.0 Å². The van der Waals surface area contributed by atoms with Crippen LogP contribution >= 0.6 is 23.4 Å². The van der Waals surface area contributed by atoms with Crippen LogP contribution in [0.3, 0.4) is 0 Å². The standard InChI is InChI=1S/C25H24ClN5O3S/c1-33-20-13-11-19(12-14-20)31-23(15-27-18-9-7-17(26)8-10-18)29-30-25(31)35-16-24(32)28-21-5-3-4-6-22(21)34-2/h3-14,27H,15-16H2,1-2H3,(H,28,32). The minimum atomic E-state index is -0.176. The largest absolute Gasteiger partial charge is 0.497 e. The average Bonchev–Trinajstić information content (AvgIpc) is 3.30. The van der Waals surface area contributed by atoms with Gasteiger partial charge in [0.2, 0.25) is 5.91 Å². The number of hydrogen-bond donors (Lipinski definition) is 2. The van der Waals surface area contributed by atoms with Gasteiger partial charge in [-0.3, -0.25) is 9.36 Å². The topological polar surface area (TPSA) is 90.3 Å². The number of carbonyl (C=O) groups excluding carboxylic acids is 1. The Kier molecular flexibility index (Phi) is 8.12. The minimum Gasteiger partial charge on any atom is -0.497 e. The molecule has 0 bridgehead atoms. The molecule has 0 aliphatic rings. The second kappa shape index (κ2) is 11.6. The molecule has 4 rings (SSSR count). The van der Waals surface area contributed by atoms with Crippen molar-refractivity contribution < 1.29 is 14.3 Å². The summed E-state index contributed by atoms with van der Waals surface area (Å²) in [6, 6.07) is 22.3. The van der Waals surface area contributed by atoms with Gasteiger partial charge in [-0.1, -0.05) is 35.5 Å². The van der Waals surface area contributed by atoms with E-state index in [1.54, 1.807) is 26.4 Å². The molecule has 4 aromatic rings. The Labute approximate surface area is 212 Å². The lowest BCUT2D eigenvalue weighted by Gasteiger charge is -2.13. The molecular formula is C25H24ClN5O3S. The maximum absolute atomic E-state index is 12.6. The lowest BCUT2D eigenvalue weighted by atomic mass is 10.3. The number of nitrogens with zero attached hydrogens (tertiary/aromatic N) is 3. The monoisotopic (exact) mass is 509 g/mol. The fraction of sp³-hybridized carbons (Fsp3) is 0.160. The first-order chi connectivity index (χ1) is 17.1. The van der Waals surface area contributed by atoms with E-state index in [0.717, 1.165) is 17.1 Å². The maximum Gasteiger partial charge on any atom is 0.234 e. The van der Waals surface area contributed by atoms with Crippen molar-refractivity contribution in [2.45, 2.75) is 11.7 Å². The van der Waals surface area contributed by atoms with E-state index in [1.165, 1.54) is 11.8 Å². The minimum absolute atomic E-state index is 0.150. The van der Waals surface area contributed by atoms with Crippen LogP contribution in [0.25, 0.3) is 5.69 Å². The van der Waals surface area contributed by atoms with Gasteiger partial charge in [-0.25, -0.2) is 0 Å². The quantitative estimate of drug-likeness (QED) is 0.281. The molecule has 35 heavy (non-hydrogen) atoms. The number of thioether (sulfide) groups is 1. The van der Waals surface area contributed by atoms with Gasteiger partial charge >= 0.3 is 0 Å². The van der Waals surface area contributed by atoms with Crippen molar-refractivity contribution in [3.05, 3.63) is 83.6 Å². The first kappa shape index (κ1) is 24.4. The molecule has 0 fully saturated rings. The molecule has 10 heteroatoms. The highest BCUT2D eigenvalue weighted by Gasteiger charge is 2.17. The number of benzene rings is 3. The number of nitrogens with one attached hydrogen (secondary N) is 2. The predicted octanol–water partition coefficient (Wildman–Crippen LogP) is 5.28. The Morgan fingerprint density at radius 3 is 2.43 bits per heavy atom. The summed E-state index contributed by atoms with van der Waals surface area (Å²) in [4.78, 5) is 12.6. The van der Waals surface area contributed by atoms with Gasteiger partial charge in [0.25, 0.3) is 0 Å². The van der Waals surface area contributed by atoms with E-state index >= 15 is 0 Å². The molecule has 1 amide bonds. The van der Waals surface area contributed by atoms with Gasteiger partial charge < -0.3 is 20.1 Å². The third kappa shape index (κ3) is 6.26. The van der Waals surface area contributed by atoms with Crippen LogP contribution in [0.4, 0.5) is 11.4 Å². The Balaban J connectivity index is 1.52. The predicted molar refractivity (Wildman–Crippen MR) is 139 cm³/mol. The van der Waals surface area contributed by atoms with Crippen molar-refractivity contribution in [1.82, 2.24) is 14.8 Å². The third-order valence-electron chi connectivity index (χ3n) is 5.04. The Morgan fingerprint density at radius 2 is 1.71 bits per heavy atom. The number of ether oxygens (including phenoxy) is 2. The van der Waals surface area contributed by atoms with Gasteiger partial charge in [0.1, 0.15) is 11.5 Å². The molecule has 0 aliphatic carbocycles. The maximum atomic E-state index is 12.6. The zero-order valence-corrected chi connectivity index (χ0v) is 20.8. The number of halogens is 1. The summed E-state index contributed by atoms with van der Waals surface area (Å²) in [5, 5.41) is 16.2. The number of carbonyl (C=O) groups is 1. The fourth-order valence-corrected chi connectivity index (χ4v) is 4.21. The third-order valence-corrected chi connectivity index (χ3v) is 6.22. The van der Waals surface area contributed by atoms with Gasteiger partial charge in [0.05, 0.1) is 32.2 Å². The molecule has 8 nitrogen and oxygen atoms in total. The lowest BCUT2D eigenvalue weighted by molar-refractivity contribution is -0.113. The van der Waals surface area contributed by atoms with E-state index in [-0.39, 0.29) is 11.7 Å². The number of aromatic nitrogens is 3. The summed E-state index contributed by atoms with van der Waals surface area (Å²) in [5.41, 5.74) is 2.38. The van der Waals surface area contributed by atoms with E-state index in [2.05, 4.69) is 20.8 Å². The van der Waals surface area contributed by atoms with Crippen LogP contribution in [-0.2, 0) is 11.3 Å². The number of para-hydroxylation sites is 2. The number of hydrogen-bond acceptors (Lipinski definition) is 7. The van der Waals surface area contributed by atoms with Gasteiger partial charge in [0.15, 0.2) is 11.0 Å². The Bertz CT molecular complexity index is 1280. The molecule has 2 N–H and O–H groups in total. The zero-order chi connectivity index (χ0) is 24.6. The smallest absolute Gasteiger partial charge is 0.234 e. The average molecular weight is 510 g/mol. The van der Waals surface area contributed by atoms with Crippen molar-refractivity contribution in [3.63, 3.8) is 0 Å². The van der Waals surface area contributed by atoms with Crippen molar-refractivity contribution in [2.75, 3.05) is 30.6 Å². The number of amides is 1. The zero-order valence-electron chi connectivity index (χ0n) is 19.2. The first-order valence-corrected chi connectivity index (χ1v) is 12.1. The molecule has 180 valence electrons. The lowest BCUT2D eigenvalue weighted by Crippen LogP contribution is -2.15. The summed E-state index contributed by atoms with van der Waals surface area (Å²) in [7, 11) is 3.19. The molecule has 0 saturated heterocycles. The van der Waals surface area contributed by atoms with Crippen molar-refractivity contribution in [1.29, 1.82) is 0 Å². The van der Waals surface area contributed by atoms with E-state index < -0.39 is 0 Å². The first-order valence-electron chi connectivity index (χ1n) is 10.7. The second-order valence-electron chi connectivity index (χ2n) is 7.33. The molecule has 0 atom stereocenters. The summed E-state index contributed by atoms with van der Waals surface area (Å²) in [6.45, 7) is 0.425. The number of rotatable bonds is 10. The van der Waals surface area contributed by atoms with Gasteiger partial charge in [-0.15, -0.1) is 10.2 Å². The summed E-state index contributed by atoms with van der Waals surface area (Å²) in [5.74, 6) is 2.01. The molecule has 1 heterocycles. The molecule has 0 aliphatic heterocycles. The highest BCUT2D eigenvalue weighted by molar-refractivity contribution is 7.99. The van der Waals surface area contributed by atoms with Gasteiger partial charge in [-0.2, -0.15) is 0 Å². The van der Waals surface area contributed by atoms with E-state index in [9.17, 15) is 4.79 Å². The van der Waals surface area contributed by atoms with Crippen LogP contribution in [0.5, 0.6) is 11.5 Å². The van der Waals surface area contributed by atoms with Gasteiger partial charge in [-0.05, 0) is 60.7 Å².